The highest BCUT2D eigenvalue weighted by Gasteiger charge is 2.17. The molecule has 0 bridgehead atoms. The number of hydrogen-bond donors (Lipinski definition) is 1. The van der Waals surface area contributed by atoms with E-state index in [1.165, 1.54) is 12.1 Å². The molecule has 0 aliphatic rings. The highest BCUT2D eigenvalue weighted by molar-refractivity contribution is 7.09. The summed E-state index contributed by atoms with van der Waals surface area (Å²) in [6.07, 6.45) is 0.598. The molecule has 0 amide bonds. The van der Waals surface area contributed by atoms with E-state index in [0.29, 0.717) is 18.5 Å². The van der Waals surface area contributed by atoms with Crippen molar-refractivity contribution in [3.63, 3.8) is 0 Å². The molecule has 1 aromatic heterocycles. The largest absolute Gasteiger partial charge is 0.310 e. The van der Waals surface area contributed by atoms with Crippen LogP contribution in [0, 0.1) is 18.6 Å². The minimum Gasteiger partial charge on any atom is -0.310 e. The van der Waals surface area contributed by atoms with E-state index in [-0.39, 0.29) is 6.04 Å². The third-order valence-electron chi connectivity index (χ3n) is 2.87. The molecule has 0 saturated carbocycles. The van der Waals surface area contributed by atoms with Crippen LogP contribution >= 0.6 is 11.3 Å². The maximum absolute atomic E-state index is 13.8. The van der Waals surface area contributed by atoms with Crippen LogP contribution in [0.3, 0.4) is 0 Å². The first kappa shape index (κ1) is 14.1. The average molecular weight is 282 g/mol. The minimum atomic E-state index is -0.555. The molecule has 0 saturated heterocycles. The Labute approximate surface area is 115 Å². The lowest BCUT2D eigenvalue weighted by Gasteiger charge is -2.18. The molecular formula is C14H16F2N2S. The van der Waals surface area contributed by atoms with Gasteiger partial charge in [0, 0.05) is 29.5 Å². The number of halogens is 2. The van der Waals surface area contributed by atoms with Crippen molar-refractivity contribution in [1.29, 1.82) is 0 Å². The second kappa shape index (κ2) is 6.21. The molecule has 2 aromatic rings. The molecule has 1 unspecified atom stereocenters. The van der Waals surface area contributed by atoms with Crippen molar-refractivity contribution < 1.29 is 8.78 Å². The van der Waals surface area contributed by atoms with Crippen LogP contribution in [0.25, 0.3) is 0 Å². The SMILES string of the molecule is CCNC(Cc1csc(C)n1)c1ccc(F)cc1F. The number of nitrogens with zero attached hydrogens (tertiary/aromatic N) is 1. The second-order valence-corrected chi connectivity index (χ2v) is 5.40. The highest BCUT2D eigenvalue weighted by Crippen LogP contribution is 2.22. The molecule has 2 rings (SSSR count). The van der Waals surface area contributed by atoms with Crippen LogP contribution in [-0.4, -0.2) is 11.5 Å². The van der Waals surface area contributed by atoms with Crippen molar-refractivity contribution in [1.82, 2.24) is 10.3 Å². The maximum atomic E-state index is 13.8. The molecule has 5 heteroatoms. The number of aromatic nitrogens is 1. The Morgan fingerprint density at radius 2 is 2.16 bits per heavy atom. The lowest BCUT2D eigenvalue weighted by molar-refractivity contribution is 0.499. The lowest BCUT2D eigenvalue weighted by Crippen LogP contribution is -2.24. The van der Waals surface area contributed by atoms with Gasteiger partial charge >= 0.3 is 0 Å². The monoisotopic (exact) mass is 282 g/mol. The number of thiazole rings is 1. The first-order valence-corrected chi connectivity index (χ1v) is 7.07. The number of benzene rings is 1. The first-order chi connectivity index (χ1) is 9.10. The van der Waals surface area contributed by atoms with Gasteiger partial charge in [0.05, 0.1) is 10.7 Å². The van der Waals surface area contributed by atoms with Crippen LogP contribution in [0.4, 0.5) is 8.78 Å². The Balaban J connectivity index is 2.23. The Bertz CT molecular complexity index is 554. The zero-order valence-electron chi connectivity index (χ0n) is 10.9. The summed E-state index contributed by atoms with van der Waals surface area (Å²) < 4.78 is 26.8. The van der Waals surface area contributed by atoms with E-state index in [4.69, 9.17) is 0 Å². The Kier molecular flexibility index (Phi) is 4.61. The first-order valence-electron chi connectivity index (χ1n) is 6.19. The second-order valence-electron chi connectivity index (χ2n) is 4.34. The predicted octanol–water partition coefficient (Wildman–Crippen LogP) is 3.62. The molecule has 0 fully saturated rings. The summed E-state index contributed by atoms with van der Waals surface area (Å²) >= 11 is 1.57. The van der Waals surface area contributed by atoms with Crippen LogP contribution in [0.5, 0.6) is 0 Å². The smallest absolute Gasteiger partial charge is 0.130 e. The molecule has 19 heavy (non-hydrogen) atoms. The molecule has 0 spiro atoms. The average Bonchev–Trinajstić information content (AvgIpc) is 2.74. The summed E-state index contributed by atoms with van der Waals surface area (Å²) in [4.78, 5) is 4.39. The fourth-order valence-electron chi connectivity index (χ4n) is 2.03. The number of aryl methyl sites for hydroxylation is 1. The normalized spacial score (nSPS) is 12.6. The van der Waals surface area contributed by atoms with Gasteiger partial charge in [-0.3, -0.25) is 0 Å². The summed E-state index contributed by atoms with van der Waals surface area (Å²) in [7, 11) is 0. The van der Waals surface area contributed by atoms with Gasteiger partial charge in [0.25, 0.3) is 0 Å². The molecule has 1 atom stereocenters. The van der Waals surface area contributed by atoms with E-state index >= 15 is 0 Å². The van der Waals surface area contributed by atoms with Crippen LogP contribution in [0.2, 0.25) is 0 Å². The van der Waals surface area contributed by atoms with Crippen molar-refractivity contribution in [2.45, 2.75) is 26.3 Å². The van der Waals surface area contributed by atoms with E-state index in [1.54, 1.807) is 11.3 Å². The Morgan fingerprint density at radius 3 is 2.74 bits per heavy atom. The molecule has 0 radical (unpaired) electrons. The van der Waals surface area contributed by atoms with E-state index in [1.807, 2.05) is 19.2 Å². The summed E-state index contributed by atoms with van der Waals surface area (Å²) in [6, 6.07) is 3.52. The Hall–Kier alpha value is -1.33. The molecule has 0 aliphatic carbocycles. The van der Waals surface area contributed by atoms with Crippen molar-refractivity contribution >= 4 is 11.3 Å². The van der Waals surface area contributed by atoms with Crippen LogP contribution in [0.15, 0.2) is 23.6 Å². The van der Waals surface area contributed by atoms with Crippen LogP contribution in [0.1, 0.15) is 29.2 Å². The quantitative estimate of drug-likeness (QED) is 0.906. The summed E-state index contributed by atoms with van der Waals surface area (Å²) in [6.45, 7) is 4.61. The third-order valence-corrected chi connectivity index (χ3v) is 3.69. The third kappa shape index (κ3) is 3.58. The number of hydrogen-bond acceptors (Lipinski definition) is 3. The molecule has 1 N–H and O–H groups in total. The summed E-state index contributed by atoms with van der Waals surface area (Å²) in [5.41, 5.74) is 1.41. The van der Waals surface area contributed by atoms with Gasteiger partial charge in [-0.1, -0.05) is 13.0 Å². The van der Waals surface area contributed by atoms with Gasteiger partial charge < -0.3 is 5.32 Å². The van der Waals surface area contributed by atoms with Crippen molar-refractivity contribution in [3.8, 4) is 0 Å². The van der Waals surface area contributed by atoms with E-state index in [2.05, 4.69) is 10.3 Å². The molecule has 102 valence electrons. The topological polar surface area (TPSA) is 24.9 Å². The maximum Gasteiger partial charge on any atom is 0.130 e. The van der Waals surface area contributed by atoms with Crippen molar-refractivity contribution in [2.75, 3.05) is 6.54 Å². The number of nitrogens with one attached hydrogen (secondary N) is 1. The number of rotatable bonds is 5. The molecule has 0 aliphatic heterocycles. The predicted molar refractivity (Wildman–Crippen MR) is 73.3 cm³/mol. The van der Waals surface area contributed by atoms with E-state index in [9.17, 15) is 8.78 Å². The zero-order valence-corrected chi connectivity index (χ0v) is 11.7. The zero-order chi connectivity index (χ0) is 13.8. The summed E-state index contributed by atoms with van der Waals surface area (Å²) in [5, 5.41) is 6.18. The molecule has 1 aromatic carbocycles. The fraction of sp³-hybridized carbons (Fsp3) is 0.357. The van der Waals surface area contributed by atoms with Gasteiger partial charge in [0.2, 0.25) is 0 Å². The van der Waals surface area contributed by atoms with Crippen molar-refractivity contribution in [2.24, 2.45) is 0 Å². The standard InChI is InChI=1S/C14H16F2N2S/c1-3-17-14(7-11-8-19-9(2)18-11)12-5-4-10(15)6-13(12)16/h4-6,8,14,17H,3,7H2,1-2H3. The van der Waals surface area contributed by atoms with Gasteiger partial charge in [-0.15, -0.1) is 11.3 Å². The Morgan fingerprint density at radius 1 is 1.37 bits per heavy atom. The van der Waals surface area contributed by atoms with Gasteiger partial charge in [-0.2, -0.15) is 0 Å². The highest BCUT2D eigenvalue weighted by atomic mass is 32.1. The lowest BCUT2D eigenvalue weighted by atomic mass is 10.0. The van der Waals surface area contributed by atoms with Gasteiger partial charge in [0.15, 0.2) is 0 Å². The van der Waals surface area contributed by atoms with Gasteiger partial charge in [-0.25, -0.2) is 13.8 Å². The van der Waals surface area contributed by atoms with Gasteiger partial charge in [0.1, 0.15) is 11.6 Å². The summed E-state index contributed by atoms with van der Waals surface area (Å²) in [5.74, 6) is -1.07. The van der Waals surface area contributed by atoms with Crippen LogP contribution in [-0.2, 0) is 6.42 Å². The molecular weight excluding hydrogens is 266 g/mol. The van der Waals surface area contributed by atoms with Crippen LogP contribution < -0.4 is 5.32 Å². The van der Waals surface area contributed by atoms with E-state index in [0.717, 1.165) is 16.8 Å². The fourth-order valence-corrected chi connectivity index (χ4v) is 2.66. The van der Waals surface area contributed by atoms with E-state index < -0.39 is 11.6 Å². The molecule has 1 heterocycles. The van der Waals surface area contributed by atoms with Crippen molar-refractivity contribution in [3.05, 3.63) is 51.5 Å². The minimum absolute atomic E-state index is 0.188. The molecule has 2 nitrogen and oxygen atoms in total. The van der Waals surface area contributed by atoms with Gasteiger partial charge in [-0.05, 0) is 19.5 Å². The number of likely N-dealkylation sites (N-methyl/N-ethyl adjacent to an activating group) is 1.